The predicted molar refractivity (Wildman–Crippen MR) is 110 cm³/mol. The van der Waals surface area contributed by atoms with Crippen LogP contribution in [0.3, 0.4) is 0 Å². The molecule has 0 unspecified atom stereocenters. The first-order valence-electron chi connectivity index (χ1n) is 9.67. The zero-order chi connectivity index (χ0) is 20.4. The summed E-state index contributed by atoms with van der Waals surface area (Å²) >= 11 is 0. The van der Waals surface area contributed by atoms with Gasteiger partial charge in [0, 0.05) is 31.6 Å². The summed E-state index contributed by atoms with van der Waals surface area (Å²) < 4.78 is 16.7. The zero-order valence-electron chi connectivity index (χ0n) is 16.9. The lowest BCUT2D eigenvalue weighted by molar-refractivity contribution is -0.244. The number of piperidine rings is 1. The number of likely N-dealkylation sites (tertiary alicyclic amines) is 1. The van der Waals surface area contributed by atoms with E-state index in [1.807, 2.05) is 0 Å². The van der Waals surface area contributed by atoms with Gasteiger partial charge >= 0.3 is 0 Å². The van der Waals surface area contributed by atoms with Crippen molar-refractivity contribution in [3.8, 4) is 11.5 Å². The van der Waals surface area contributed by atoms with Gasteiger partial charge in [0.05, 0.1) is 19.3 Å². The summed E-state index contributed by atoms with van der Waals surface area (Å²) in [6, 6.07) is 5.07. The van der Waals surface area contributed by atoms with E-state index >= 15 is 0 Å². The lowest BCUT2D eigenvalue weighted by atomic mass is 9.75. The van der Waals surface area contributed by atoms with Gasteiger partial charge in [-0.1, -0.05) is 0 Å². The molecule has 9 heteroatoms. The molecule has 1 aromatic rings. The number of aliphatic hydroxyl groups is 2. The Morgan fingerprint density at radius 1 is 1.31 bits per heavy atom. The fourth-order valence-corrected chi connectivity index (χ4v) is 4.02. The molecule has 2 fully saturated rings. The molecule has 3 rings (SSSR count). The molecule has 2 aliphatic heterocycles. The number of carbonyl (C=O) groups is 1. The van der Waals surface area contributed by atoms with E-state index in [9.17, 15) is 15.0 Å². The van der Waals surface area contributed by atoms with Gasteiger partial charge in [0.25, 0.3) is 5.91 Å². The minimum atomic E-state index is -1.17. The van der Waals surface area contributed by atoms with Crippen LogP contribution in [0.5, 0.6) is 11.5 Å². The van der Waals surface area contributed by atoms with E-state index < -0.39 is 17.3 Å². The summed E-state index contributed by atoms with van der Waals surface area (Å²) in [6.45, 7) is 3.68. The van der Waals surface area contributed by atoms with E-state index in [0.717, 1.165) is 0 Å². The first-order valence-corrected chi connectivity index (χ1v) is 9.67. The average molecular weight is 431 g/mol. The van der Waals surface area contributed by atoms with Crippen LogP contribution in [0.25, 0.3) is 0 Å². The van der Waals surface area contributed by atoms with Gasteiger partial charge in [0.15, 0.2) is 11.5 Å². The highest BCUT2D eigenvalue weighted by Crippen LogP contribution is 2.40. The van der Waals surface area contributed by atoms with Crippen LogP contribution in [0, 0.1) is 0 Å². The van der Waals surface area contributed by atoms with Crippen molar-refractivity contribution in [1.29, 1.82) is 0 Å². The van der Waals surface area contributed by atoms with Gasteiger partial charge in [-0.3, -0.25) is 4.79 Å². The minimum Gasteiger partial charge on any atom is -0.493 e. The highest BCUT2D eigenvalue weighted by Gasteiger charge is 2.52. The molecule has 1 aromatic carbocycles. The predicted octanol–water partition coefficient (Wildman–Crippen LogP) is 0.961. The second kappa shape index (κ2) is 9.49. The van der Waals surface area contributed by atoms with Crippen molar-refractivity contribution in [3.63, 3.8) is 0 Å². The molecule has 0 radical (unpaired) electrons. The number of hydrogen-bond acceptors (Lipinski definition) is 7. The number of nitrogens with zero attached hydrogens (tertiary/aromatic N) is 1. The molecule has 2 atom stereocenters. The number of aliphatic hydroxyl groups excluding tert-OH is 1. The molecule has 2 aliphatic rings. The van der Waals surface area contributed by atoms with E-state index in [1.54, 1.807) is 30.0 Å². The number of nitrogens with two attached hydrogens (primary N) is 1. The Labute approximate surface area is 177 Å². The van der Waals surface area contributed by atoms with Gasteiger partial charge in [-0.05, 0) is 38.0 Å². The van der Waals surface area contributed by atoms with Gasteiger partial charge in [-0.25, -0.2) is 0 Å². The van der Waals surface area contributed by atoms with Crippen molar-refractivity contribution >= 4 is 18.3 Å². The first-order chi connectivity index (χ1) is 13.3. The highest BCUT2D eigenvalue weighted by molar-refractivity contribution is 5.95. The minimum absolute atomic E-state index is 0. The van der Waals surface area contributed by atoms with Crippen LogP contribution >= 0.6 is 12.4 Å². The monoisotopic (exact) mass is 430 g/mol. The number of benzene rings is 1. The normalized spacial score (nSPS) is 26.0. The van der Waals surface area contributed by atoms with E-state index in [1.165, 1.54) is 7.11 Å². The number of halogens is 1. The first kappa shape index (κ1) is 23.7. The molecule has 1 spiro atoms. The molecule has 0 aliphatic carbocycles. The Balaban J connectivity index is 0.00000300. The largest absolute Gasteiger partial charge is 0.493 e. The summed E-state index contributed by atoms with van der Waals surface area (Å²) in [7, 11) is 1.53. The maximum absolute atomic E-state index is 12.9. The molecule has 0 aromatic heterocycles. The van der Waals surface area contributed by atoms with Crippen LogP contribution in [-0.2, 0) is 4.74 Å². The van der Waals surface area contributed by atoms with Gasteiger partial charge in [0.1, 0.15) is 18.3 Å². The van der Waals surface area contributed by atoms with Gasteiger partial charge in [-0.15, -0.1) is 12.4 Å². The van der Waals surface area contributed by atoms with Crippen LogP contribution < -0.4 is 15.2 Å². The zero-order valence-corrected chi connectivity index (χ0v) is 17.7. The lowest BCUT2D eigenvalue weighted by Gasteiger charge is -2.51. The third-order valence-corrected chi connectivity index (χ3v) is 5.77. The van der Waals surface area contributed by atoms with E-state index in [2.05, 4.69) is 0 Å². The van der Waals surface area contributed by atoms with Crippen molar-refractivity contribution < 1.29 is 29.2 Å². The van der Waals surface area contributed by atoms with Crippen LogP contribution in [0.4, 0.5) is 0 Å². The van der Waals surface area contributed by atoms with E-state index in [4.69, 9.17) is 19.9 Å². The van der Waals surface area contributed by atoms with E-state index in [-0.39, 0.29) is 18.3 Å². The molecule has 164 valence electrons. The second-order valence-corrected chi connectivity index (χ2v) is 7.72. The fourth-order valence-electron chi connectivity index (χ4n) is 4.02. The Hall–Kier alpha value is -1.58. The number of rotatable bonds is 5. The number of methoxy groups -OCH3 is 1. The van der Waals surface area contributed by atoms with Crippen LogP contribution in [-0.4, -0.2) is 78.3 Å². The summed E-state index contributed by atoms with van der Waals surface area (Å²) in [6.07, 6.45) is 0.386. The van der Waals surface area contributed by atoms with Crippen molar-refractivity contribution in [1.82, 2.24) is 4.90 Å². The molecule has 29 heavy (non-hydrogen) atoms. The Bertz CT molecular complexity index is 706. The number of hydrogen-bond donors (Lipinski definition) is 3. The molecule has 4 N–H and O–H groups in total. The molecule has 8 nitrogen and oxygen atoms in total. The lowest BCUT2D eigenvalue weighted by Crippen LogP contribution is -2.64. The van der Waals surface area contributed by atoms with Gasteiger partial charge in [-0.2, -0.15) is 0 Å². The summed E-state index contributed by atoms with van der Waals surface area (Å²) in [5.41, 5.74) is 4.00. The summed E-state index contributed by atoms with van der Waals surface area (Å²) in [5.74, 6) is 0.911. The molecule has 0 saturated carbocycles. The molecule has 2 saturated heterocycles. The van der Waals surface area contributed by atoms with Gasteiger partial charge < -0.3 is 35.1 Å². The Morgan fingerprint density at radius 3 is 2.62 bits per heavy atom. The number of ether oxygens (including phenoxy) is 3. The smallest absolute Gasteiger partial charge is 0.253 e. The van der Waals surface area contributed by atoms with Crippen LogP contribution in [0.1, 0.15) is 36.5 Å². The summed E-state index contributed by atoms with van der Waals surface area (Å²) in [4.78, 5) is 14.7. The molecule has 0 bridgehead atoms. The molecule has 2 heterocycles. The van der Waals surface area contributed by atoms with E-state index in [0.29, 0.717) is 69.2 Å². The van der Waals surface area contributed by atoms with Crippen molar-refractivity contribution in [2.75, 3.05) is 40.0 Å². The third-order valence-electron chi connectivity index (χ3n) is 5.77. The third kappa shape index (κ3) is 4.78. The van der Waals surface area contributed by atoms with Crippen LogP contribution in [0.2, 0.25) is 0 Å². The average Bonchev–Trinajstić information content (AvgIpc) is 2.70. The maximum Gasteiger partial charge on any atom is 0.253 e. The Morgan fingerprint density at radius 2 is 2.00 bits per heavy atom. The fraction of sp³-hybridized carbons (Fsp3) is 0.650. The van der Waals surface area contributed by atoms with Crippen molar-refractivity contribution in [2.24, 2.45) is 5.73 Å². The Kier molecular flexibility index (Phi) is 7.75. The van der Waals surface area contributed by atoms with Gasteiger partial charge in [0.2, 0.25) is 0 Å². The number of carbonyl (C=O) groups excluding carboxylic acids is 1. The van der Waals surface area contributed by atoms with Crippen molar-refractivity contribution in [3.05, 3.63) is 23.8 Å². The molecular weight excluding hydrogens is 400 g/mol. The SMILES string of the molecule is COc1cc(C(=O)N2CCC3(CC2)OCC[C@@](C)(O)[C@@H]3O)ccc1OCCN.Cl. The standard InChI is InChI=1S/C20H30N2O6.ClH/c1-19(25)7-11-28-20(18(19)24)5-9-22(10-6-20)17(23)14-3-4-15(27-12-8-21)16(13-14)26-2;/h3-4,13,18,24-25H,5-12,21H2,1-2H3;1H/t18-,19+;/m0./s1. The summed E-state index contributed by atoms with van der Waals surface area (Å²) in [5, 5.41) is 21.0. The van der Waals surface area contributed by atoms with Crippen molar-refractivity contribution in [2.45, 2.75) is 43.5 Å². The highest BCUT2D eigenvalue weighted by atomic mass is 35.5. The molecule has 1 amide bonds. The maximum atomic E-state index is 12.9. The second-order valence-electron chi connectivity index (χ2n) is 7.72. The van der Waals surface area contributed by atoms with Crippen LogP contribution in [0.15, 0.2) is 18.2 Å². The topological polar surface area (TPSA) is 114 Å². The quantitative estimate of drug-likeness (QED) is 0.637. The molecular formula is C20H31ClN2O6. The number of amides is 1.